The summed E-state index contributed by atoms with van der Waals surface area (Å²) in [5.41, 5.74) is 8.20. The average Bonchev–Trinajstić information content (AvgIpc) is 3.42. The summed E-state index contributed by atoms with van der Waals surface area (Å²) in [4.78, 5) is 13.0. The van der Waals surface area contributed by atoms with E-state index in [1.807, 2.05) is 29.1 Å². The third kappa shape index (κ3) is 3.87. The molecule has 0 unspecified atom stereocenters. The number of nitrogen functional groups attached to an aromatic ring is 1. The van der Waals surface area contributed by atoms with Gasteiger partial charge in [-0.1, -0.05) is 12.1 Å². The van der Waals surface area contributed by atoms with Gasteiger partial charge in [0.25, 0.3) is 0 Å². The SMILES string of the molecule is COc1cccc2c(C(C=NCc3ccn([C@@H]4CCOC4)n3)=NN)nc(N)nc12. The smallest absolute Gasteiger partial charge is 0.221 e. The Morgan fingerprint density at radius 1 is 1.38 bits per heavy atom. The summed E-state index contributed by atoms with van der Waals surface area (Å²) in [6.07, 6.45) is 4.49. The van der Waals surface area contributed by atoms with E-state index in [0.717, 1.165) is 24.1 Å². The molecule has 0 saturated carbocycles. The molecule has 0 spiro atoms. The number of para-hydroxylation sites is 1. The van der Waals surface area contributed by atoms with E-state index in [9.17, 15) is 0 Å². The van der Waals surface area contributed by atoms with Crippen LogP contribution in [-0.2, 0) is 11.3 Å². The summed E-state index contributed by atoms with van der Waals surface area (Å²) in [5, 5.41) is 9.13. The van der Waals surface area contributed by atoms with Gasteiger partial charge in [-0.3, -0.25) is 9.67 Å². The highest BCUT2D eigenvalue weighted by molar-refractivity contribution is 6.40. The van der Waals surface area contributed by atoms with E-state index in [1.165, 1.54) is 0 Å². The van der Waals surface area contributed by atoms with Crippen molar-refractivity contribution in [1.82, 2.24) is 19.7 Å². The van der Waals surface area contributed by atoms with Gasteiger partial charge in [0.1, 0.15) is 22.7 Å². The zero-order chi connectivity index (χ0) is 20.2. The molecule has 4 rings (SSSR count). The molecule has 1 aliphatic rings. The number of fused-ring (bicyclic) bond motifs is 1. The van der Waals surface area contributed by atoms with Crippen LogP contribution in [0.25, 0.3) is 10.9 Å². The highest BCUT2D eigenvalue weighted by Gasteiger charge is 2.18. The van der Waals surface area contributed by atoms with Gasteiger partial charge in [0.2, 0.25) is 5.95 Å². The van der Waals surface area contributed by atoms with Crippen LogP contribution in [0.4, 0.5) is 5.95 Å². The molecular formula is C19H22N8O2. The highest BCUT2D eigenvalue weighted by Crippen LogP contribution is 2.26. The second kappa shape index (κ2) is 8.23. The monoisotopic (exact) mass is 394 g/mol. The lowest BCUT2D eigenvalue weighted by Gasteiger charge is -2.09. The lowest BCUT2D eigenvalue weighted by molar-refractivity contribution is 0.184. The average molecular weight is 394 g/mol. The first-order valence-electron chi connectivity index (χ1n) is 9.19. The van der Waals surface area contributed by atoms with Gasteiger partial charge in [0, 0.05) is 18.2 Å². The van der Waals surface area contributed by atoms with E-state index in [1.54, 1.807) is 19.4 Å². The Balaban J connectivity index is 1.57. The van der Waals surface area contributed by atoms with Crippen molar-refractivity contribution in [3.8, 4) is 5.75 Å². The Morgan fingerprint density at radius 3 is 3.03 bits per heavy atom. The number of aliphatic imine (C=N–C) groups is 1. The predicted octanol–water partition coefficient (Wildman–Crippen LogP) is 1.31. The van der Waals surface area contributed by atoms with Gasteiger partial charge in [0.15, 0.2) is 0 Å². The number of nitrogens with two attached hydrogens (primary N) is 2. The van der Waals surface area contributed by atoms with Gasteiger partial charge in [-0.25, -0.2) is 9.97 Å². The van der Waals surface area contributed by atoms with Gasteiger partial charge < -0.3 is 21.1 Å². The Morgan fingerprint density at radius 2 is 2.28 bits per heavy atom. The molecule has 29 heavy (non-hydrogen) atoms. The van der Waals surface area contributed by atoms with E-state index in [2.05, 4.69) is 25.2 Å². The number of aromatic nitrogens is 4. The van der Waals surface area contributed by atoms with Crippen molar-refractivity contribution < 1.29 is 9.47 Å². The van der Waals surface area contributed by atoms with Crippen LogP contribution in [0.15, 0.2) is 40.6 Å². The molecular weight excluding hydrogens is 372 g/mol. The number of rotatable bonds is 6. The summed E-state index contributed by atoms with van der Waals surface area (Å²) < 4.78 is 12.7. The minimum Gasteiger partial charge on any atom is -0.494 e. The van der Waals surface area contributed by atoms with Crippen molar-refractivity contribution >= 4 is 28.8 Å². The first kappa shape index (κ1) is 18.8. The van der Waals surface area contributed by atoms with Crippen molar-refractivity contribution in [2.45, 2.75) is 19.0 Å². The Labute approximate surface area is 167 Å². The van der Waals surface area contributed by atoms with Gasteiger partial charge >= 0.3 is 0 Å². The number of benzene rings is 1. The maximum atomic E-state index is 5.88. The molecule has 0 bridgehead atoms. The predicted molar refractivity (Wildman–Crippen MR) is 110 cm³/mol. The zero-order valence-electron chi connectivity index (χ0n) is 16.0. The molecule has 0 amide bonds. The molecule has 0 aliphatic carbocycles. The molecule has 1 atom stereocenters. The van der Waals surface area contributed by atoms with E-state index in [0.29, 0.717) is 41.9 Å². The third-order valence-corrected chi connectivity index (χ3v) is 4.72. The first-order valence-corrected chi connectivity index (χ1v) is 9.19. The molecule has 4 N–H and O–H groups in total. The van der Waals surface area contributed by atoms with Crippen LogP contribution >= 0.6 is 0 Å². The van der Waals surface area contributed by atoms with E-state index >= 15 is 0 Å². The fourth-order valence-electron chi connectivity index (χ4n) is 3.28. The van der Waals surface area contributed by atoms with Crippen LogP contribution in [0.5, 0.6) is 5.75 Å². The van der Waals surface area contributed by atoms with Crippen molar-refractivity contribution in [1.29, 1.82) is 0 Å². The second-order valence-corrected chi connectivity index (χ2v) is 6.58. The Hall–Kier alpha value is -3.53. The van der Waals surface area contributed by atoms with Crippen molar-refractivity contribution in [2.75, 3.05) is 26.1 Å². The summed E-state index contributed by atoms with van der Waals surface area (Å²) >= 11 is 0. The lowest BCUT2D eigenvalue weighted by atomic mass is 10.1. The standard InChI is InChI=1S/C19H22N8O2/c1-28-16-4-2-3-14-17(23-19(20)24-18(14)16)15(25-21)10-22-9-12-5-7-27(26-12)13-6-8-29-11-13/h2-5,7,10,13H,6,8-9,11,21H2,1H3,(H2,20,23,24)/t13-/m1/s1. The molecule has 2 aromatic heterocycles. The summed E-state index contributed by atoms with van der Waals surface area (Å²) in [5.74, 6) is 6.30. The topological polar surface area (TPSA) is 139 Å². The maximum Gasteiger partial charge on any atom is 0.221 e. The summed E-state index contributed by atoms with van der Waals surface area (Å²) in [7, 11) is 1.57. The fourth-order valence-corrected chi connectivity index (χ4v) is 3.28. The lowest BCUT2D eigenvalue weighted by Crippen LogP contribution is -2.12. The molecule has 1 saturated heterocycles. The number of ether oxygens (including phenoxy) is 2. The largest absolute Gasteiger partial charge is 0.494 e. The molecule has 10 nitrogen and oxygen atoms in total. The van der Waals surface area contributed by atoms with Gasteiger partial charge in [-0.15, -0.1) is 0 Å². The van der Waals surface area contributed by atoms with E-state index in [4.69, 9.17) is 21.1 Å². The van der Waals surface area contributed by atoms with Gasteiger partial charge in [-0.05, 0) is 18.6 Å². The van der Waals surface area contributed by atoms with Crippen LogP contribution in [0.3, 0.4) is 0 Å². The van der Waals surface area contributed by atoms with Crippen LogP contribution in [0.2, 0.25) is 0 Å². The quantitative estimate of drug-likeness (QED) is 0.365. The number of anilines is 1. The Kier molecular flexibility index (Phi) is 5.34. The molecule has 1 fully saturated rings. The Bertz CT molecular complexity index is 1070. The maximum absolute atomic E-state index is 5.88. The van der Waals surface area contributed by atoms with E-state index in [-0.39, 0.29) is 5.95 Å². The van der Waals surface area contributed by atoms with Gasteiger partial charge in [-0.2, -0.15) is 10.2 Å². The van der Waals surface area contributed by atoms with Gasteiger partial charge in [0.05, 0.1) is 38.2 Å². The number of hydrogen-bond acceptors (Lipinski definition) is 9. The van der Waals surface area contributed by atoms with Crippen molar-refractivity contribution in [2.24, 2.45) is 15.9 Å². The normalized spacial score (nSPS) is 17.4. The molecule has 150 valence electrons. The molecule has 3 heterocycles. The summed E-state index contributed by atoms with van der Waals surface area (Å²) in [6, 6.07) is 7.74. The summed E-state index contributed by atoms with van der Waals surface area (Å²) in [6.45, 7) is 1.86. The van der Waals surface area contributed by atoms with Crippen molar-refractivity contribution in [3.05, 3.63) is 41.9 Å². The minimum absolute atomic E-state index is 0.101. The molecule has 10 heteroatoms. The number of hydrogen-bond donors (Lipinski definition) is 2. The van der Waals surface area contributed by atoms with Crippen LogP contribution in [0, 0.1) is 0 Å². The minimum atomic E-state index is 0.101. The fraction of sp³-hybridized carbons (Fsp3) is 0.316. The molecule has 3 aromatic rings. The van der Waals surface area contributed by atoms with Crippen LogP contribution < -0.4 is 16.3 Å². The molecule has 1 aromatic carbocycles. The highest BCUT2D eigenvalue weighted by atomic mass is 16.5. The first-order chi connectivity index (χ1) is 14.2. The zero-order valence-corrected chi connectivity index (χ0v) is 16.0. The number of hydrazone groups is 1. The molecule has 0 radical (unpaired) electrons. The van der Waals surface area contributed by atoms with Crippen LogP contribution in [0.1, 0.15) is 23.9 Å². The van der Waals surface area contributed by atoms with Crippen LogP contribution in [-0.4, -0.2) is 52.0 Å². The van der Waals surface area contributed by atoms with Crippen molar-refractivity contribution in [3.63, 3.8) is 0 Å². The number of methoxy groups -OCH3 is 1. The van der Waals surface area contributed by atoms with E-state index < -0.39 is 0 Å². The molecule has 1 aliphatic heterocycles. The number of nitrogens with zero attached hydrogens (tertiary/aromatic N) is 6. The second-order valence-electron chi connectivity index (χ2n) is 6.58. The third-order valence-electron chi connectivity index (χ3n) is 4.72.